The number of rotatable bonds is 7. The van der Waals surface area contributed by atoms with Crippen molar-refractivity contribution in [2.24, 2.45) is 0 Å². The van der Waals surface area contributed by atoms with Crippen LogP contribution in [0.15, 0.2) is 0 Å². The number of unbranched alkanes of at least 4 members (excludes halogenated alkanes) is 2. The third-order valence-corrected chi connectivity index (χ3v) is 3.24. The Morgan fingerprint density at radius 2 is 1.65 bits per heavy atom. The monoisotopic (exact) mass is 244 g/mol. The van der Waals surface area contributed by atoms with Gasteiger partial charge >= 0.3 is 0 Å². The van der Waals surface area contributed by atoms with Gasteiger partial charge in [0.2, 0.25) is 0 Å². The summed E-state index contributed by atoms with van der Waals surface area (Å²) in [6.07, 6.45) is 8.22. The lowest BCUT2D eigenvalue weighted by Gasteiger charge is -2.41. The van der Waals surface area contributed by atoms with Gasteiger partial charge in [-0.3, -0.25) is 0 Å². The minimum absolute atomic E-state index is 0.248. The summed E-state index contributed by atoms with van der Waals surface area (Å²) in [5.74, 6) is -0.463. The van der Waals surface area contributed by atoms with E-state index in [2.05, 4.69) is 6.92 Å². The highest BCUT2D eigenvalue weighted by molar-refractivity contribution is 4.76. The molecule has 0 aliphatic carbocycles. The quantitative estimate of drug-likeness (QED) is 0.699. The summed E-state index contributed by atoms with van der Waals surface area (Å²) in [5.41, 5.74) is 0. The normalized spacial score (nSPS) is 28.2. The number of aliphatic hydroxyl groups is 1. The predicted octanol–water partition coefficient (Wildman–Crippen LogP) is 3.25. The Morgan fingerprint density at radius 1 is 1.06 bits per heavy atom. The maximum atomic E-state index is 8.88. The summed E-state index contributed by atoms with van der Waals surface area (Å²) >= 11 is 0. The van der Waals surface area contributed by atoms with Crippen molar-refractivity contribution in [2.45, 2.75) is 83.7 Å². The number of hydrogen-bond donors (Lipinski definition) is 1. The lowest BCUT2D eigenvalue weighted by molar-refractivity contribution is -0.301. The highest BCUT2D eigenvalue weighted by atomic mass is 16.7. The molecule has 1 rings (SSSR count). The molecule has 0 aromatic carbocycles. The second kappa shape index (κ2) is 7.34. The highest BCUT2D eigenvalue weighted by Gasteiger charge is 2.34. The van der Waals surface area contributed by atoms with Crippen molar-refractivity contribution in [3.8, 4) is 0 Å². The Morgan fingerprint density at radius 3 is 2.18 bits per heavy atom. The molecule has 1 N–H and O–H groups in total. The average Bonchev–Trinajstić information content (AvgIpc) is 2.25. The van der Waals surface area contributed by atoms with Crippen molar-refractivity contribution in [3.05, 3.63) is 0 Å². The van der Waals surface area contributed by atoms with Crippen LogP contribution in [0.2, 0.25) is 0 Å². The molecule has 17 heavy (non-hydrogen) atoms. The number of hydrogen-bond acceptors (Lipinski definition) is 3. The van der Waals surface area contributed by atoms with E-state index in [1.54, 1.807) is 0 Å². The Labute approximate surface area is 105 Å². The zero-order valence-electron chi connectivity index (χ0n) is 11.6. The molecule has 0 aromatic rings. The summed E-state index contributed by atoms with van der Waals surface area (Å²) in [4.78, 5) is 0. The van der Waals surface area contributed by atoms with E-state index < -0.39 is 5.79 Å². The first-order chi connectivity index (χ1) is 8.07. The fourth-order valence-corrected chi connectivity index (χ4v) is 2.51. The minimum atomic E-state index is -0.463. The van der Waals surface area contributed by atoms with Crippen LogP contribution in [0, 0.1) is 0 Å². The van der Waals surface area contributed by atoms with E-state index in [9.17, 15) is 0 Å². The van der Waals surface area contributed by atoms with Crippen LogP contribution < -0.4 is 0 Å². The van der Waals surface area contributed by atoms with Gasteiger partial charge in [-0.05, 0) is 33.1 Å². The maximum Gasteiger partial charge on any atom is 0.163 e. The van der Waals surface area contributed by atoms with E-state index in [4.69, 9.17) is 14.6 Å². The Kier molecular flexibility index (Phi) is 6.45. The third-order valence-electron chi connectivity index (χ3n) is 3.24. The standard InChI is InChI=1S/C14H28O3/c1-4-5-6-8-12-11-13(9-7-10-15)17-14(2,3)16-12/h12-13,15H,4-11H2,1-3H3/t12-,13+/m0/s1. The van der Waals surface area contributed by atoms with Gasteiger partial charge in [0, 0.05) is 13.0 Å². The van der Waals surface area contributed by atoms with E-state index in [1.807, 2.05) is 13.8 Å². The Bertz CT molecular complexity index is 204. The molecule has 1 aliphatic heterocycles. The third kappa shape index (κ3) is 5.84. The van der Waals surface area contributed by atoms with Gasteiger partial charge in [0.25, 0.3) is 0 Å². The van der Waals surface area contributed by atoms with Gasteiger partial charge in [-0.15, -0.1) is 0 Å². The van der Waals surface area contributed by atoms with Crippen molar-refractivity contribution in [2.75, 3.05) is 6.61 Å². The molecule has 0 radical (unpaired) electrons. The lowest BCUT2D eigenvalue weighted by Crippen LogP contribution is -2.44. The SMILES string of the molecule is CCCCC[C@H]1C[C@@H](CCCO)OC(C)(C)O1. The molecule has 0 amide bonds. The Hall–Kier alpha value is -0.120. The summed E-state index contributed by atoms with van der Waals surface area (Å²) in [6.45, 7) is 6.45. The van der Waals surface area contributed by atoms with Crippen LogP contribution >= 0.6 is 0 Å². The van der Waals surface area contributed by atoms with Crippen LogP contribution in [-0.4, -0.2) is 29.7 Å². The molecule has 2 atom stereocenters. The molecule has 3 heteroatoms. The van der Waals surface area contributed by atoms with Gasteiger partial charge in [-0.2, -0.15) is 0 Å². The van der Waals surface area contributed by atoms with Crippen molar-refractivity contribution in [3.63, 3.8) is 0 Å². The first kappa shape index (κ1) is 14.9. The van der Waals surface area contributed by atoms with Crippen LogP contribution in [0.1, 0.15) is 65.7 Å². The molecular formula is C14H28O3. The van der Waals surface area contributed by atoms with Crippen molar-refractivity contribution in [1.29, 1.82) is 0 Å². The summed E-state index contributed by atoms with van der Waals surface area (Å²) < 4.78 is 11.8. The molecule has 1 heterocycles. The van der Waals surface area contributed by atoms with E-state index >= 15 is 0 Å². The summed E-state index contributed by atoms with van der Waals surface area (Å²) in [7, 11) is 0. The molecule has 1 aliphatic rings. The van der Waals surface area contributed by atoms with Gasteiger partial charge in [-0.1, -0.05) is 26.2 Å². The Balaban J connectivity index is 2.37. The van der Waals surface area contributed by atoms with Crippen LogP contribution in [0.25, 0.3) is 0 Å². The van der Waals surface area contributed by atoms with Crippen LogP contribution in [-0.2, 0) is 9.47 Å². The van der Waals surface area contributed by atoms with E-state index in [0.29, 0.717) is 6.10 Å². The highest BCUT2D eigenvalue weighted by Crippen LogP contribution is 2.31. The molecule has 0 unspecified atom stereocenters. The smallest absolute Gasteiger partial charge is 0.163 e. The number of aliphatic hydroxyl groups excluding tert-OH is 1. The molecule has 102 valence electrons. The topological polar surface area (TPSA) is 38.7 Å². The zero-order valence-corrected chi connectivity index (χ0v) is 11.6. The first-order valence-corrected chi connectivity index (χ1v) is 7.04. The zero-order chi connectivity index (χ0) is 12.7. The largest absolute Gasteiger partial charge is 0.396 e. The second-order valence-corrected chi connectivity index (χ2v) is 5.48. The van der Waals surface area contributed by atoms with Crippen LogP contribution in [0.3, 0.4) is 0 Å². The van der Waals surface area contributed by atoms with Gasteiger partial charge in [0.1, 0.15) is 0 Å². The fourth-order valence-electron chi connectivity index (χ4n) is 2.51. The van der Waals surface area contributed by atoms with Crippen molar-refractivity contribution in [1.82, 2.24) is 0 Å². The van der Waals surface area contributed by atoms with E-state index in [0.717, 1.165) is 25.7 Å². The fraction of sp³-hybridized carbons (Fsp3) is 1.00. The van der Waals surface area contributed by atoms with Crippen molar-refractivity contribution < 1.29 is 14.6 Å². The molecule has 0 saturated carbocycles. The average molecular weight is 244 g/mol. The first-order valence-electron chi connectivity index (χ1n) is 7.04. The molecule has 0 spiro atoms. The van der Waals surface area contributed by atoms with E-state index in [-0.39, 0.29) is 12.7 Å². The van der Waals surface area contributed by atoms with Gasteiger partial charge in [0.15, 0.2) is 5.79 Å². The van der Waals surface area contributed by atoms with Crippen molar-refractivity contribution >= 4 is 0 Å². The summed E-state index contributed by atoms with van der Waals surface area (Å²) in [5, 5.41) is 8.88. The van der Waals surface area contributed by atoms with Gasteiger partial charge in [0.05, 0.1) is 12.2 Å². The van der Waals surface area contributed by atoms with Crippen LogP contribution in [0.5, 0.6) is 0 Å². The second-order valence-electron chi connectivity index (χ2n) is 5.48. The molecule has 1 fully saturated rings. The van der Waals surface area contributed by atoms with E-state index in [1.165, 1.54) is 19.3 Å². The molecule has 3 nitrogen and oxygen atoms in total. The molecule has 1 saturated heterocycles. The van der Waals surface area contributed by atoms with Gasteiger partial charge in [-0.25, -0.2) is 0 Å². The molecule has 0 aromatic heterocycles. The predicted molar refractivity (Wildman–Crippen MR) is 68.9 cm³/mol. The maximum absolute atomic E-state index is 8.88. The number of ether oxygens (including phenoxy) is 2. The van der Waals surface area contributed by atoms with Crippen LogP contribution in [0.4, 0.5) is 0 Å². The molecule has 0 bridgehead atoms. The summed E-state index contributed by atoms with van der Waals surface area (Å²) in [6, 6.07) is 0. The minimum Gasteiger partial charge on any atom is -0.396 e. The molecular weight excluding hydrogens is 216 g/mol. The lowest BCUT2D eigenvalue weighted by atomic mass is 10.00. The van der Waals surface area contributed by atoms with Gasteiger partial charge < -0.3 is 14.6 Å².